The standard InChI is InChI=1S/C10H15ClN2OS/c1-3-13(10(14)6-12-2)7-8-4-5-9(11)15-8/h4-5,12H,3,6-7H2,1-2H3. The summed E-state index contributed by atoms with van der Waals surface area (Å²) >= 11 is 7.35. The van der Waals surface area contributed by atoms with Crippen LogP contribution in [-0.4, -0.2) is 30.9 Å². The van der Waals surface area contributed by atoms with Crippen LogP contribution >= 0.6 is 22.9 Å². The molecule has 1 heterocycles. The lowest BCUT2D eigenvalue weighted by Gasteiger charge is -2.19. The summed E-state index contributed by atoms with van der Waals surface area (Å²) in [6, 6.07) is 3.82. The van der Waals surface area contributed by atoms with Crippen LogP contribution in [0.4, 0.5) is 0 Å². The molecule has 1 aromatic heterocycles. The molecule has 0 unspecified atom stereocenters. The maximum Gasteiger partial charge on any atom is 0.236 e. The number of hydrogen-bond donors (Lipinski definition) is 1. The number of nitrogens with one attached hydrogen (secondary N) is 1. The molecule has 0 bridgehead atoms. The van der Waals surface area contributed by atoms with Crippen LogP contribution < -0.4 is 5.32 Å². The third-order valence-electron chi connectivity index (χ3n) is 2.04. The first-order valence-corrected chi connectivity index (χ1v) is 6.03. The van der Waals surface area contributed by atoms with E-state index in [0.717, 1.165) is 15.8 Å². The zero-order valence-electron chi connectivity index (χ0n) is 8.92. The molecule has 1 aromatic rings. The highest BCUT2D eigenvalue weighted by Gasteiger charge is 2.11. The molecule has 1 rings (SSSR count). The Morgan fingerprint density at radius 3 is 2.80 bits per heavy atom. The number of likely N-dealkylation sites (N-methyl/N-ethyl adjacent to an activating group) is 2. The summed E-state index contributed by atoms with van der Waals surface area (Å²) in [5.41, 5.74) is 0. The molecule has 1 N–H and O–H groups in total. The smallest absolute Gasteiger partial charge is 0.236 e. The fraction of sp³-hybridized carbons (Fsp3) is 0.500. The van der Waals surface area contributed by atoms with Gasteiger partial charge in [0.05, 0.1) is 17.4 Å². The van der Waals surface area contributed by atoms with Gasteiger partial charge in [-0.15, -0.1) is 11.3 Å². The third kappa shape index (κ3) is 3.81. The van der Waals surface area contributed by atoms with Gasteiger partial charge >= 0.3 is 0 Å². The second kappa shape index (κ2) is 6.10. The van der Waals surface area contributed by atoms with Crippen LogP contribution in [0.25, 0.3) is 0 Å². The van der Waals surface area contributed by atoms with Crippen molar-refractivity contribution in [1.82, 2.24) is 10.2 Å². The Morgan fingerprint density at radius 2 is 2.33 bits per heavy atom. The van der Waals surface area contributed by atoms with E-state index < -0.39 is 0 Å². The maximum atomic E-state index is 11.6. The fourth-order valence-corrected chi connectivity index (χ4v) is 2.37. The molecule has 0 radical (unpaired) electrons. The quantitative estimate of drug-likeness (QED) is 0.862. The second-order valence-corrected chi connectivity index (χ2v) is 4.94. The van der Waals surface area contributed by atoms with E-state index in [-0.39, 0.29) is 5.91 Å². The molecule has 0 saturated heterocycles. The molecule has 84 valence electrons. The summed E-state index contributed by atoms with van der Waals surface area (Å²) < 4.78 is 0.766. The van der Waals surface area contributed by atoms with Crippen molar-refractivity contribution in [2.24, 2.45) is 0 Å². The Kier molecular flexibility index (Phi) is 5.08. The highest BCUT2D eigenvalue weighted by molar-refractivity contribution is 7.16. The van der Waals surface area contributed by atoms with E-state index in [1.165, 1.54) is 11.3 Å². The molecule has 0 aromatic carbocycles. The van der Waals surface area contributed by atoms with E-state index in [0.29, 0.717) is 13.1 Å². The summed E-state index contributed by atoms with van der Waals surface area (Å²) in [7, 11) is 1.77. The molecule has 15 heavy (non-hydrogen) atoms. The third-order valence-corrected chi connectivity index (χ3v) is 3.25. The maximum absolute atomic E-state index is 11.6. The van der Waals surface area contributed by atoms with Gasteiger partial charge in [0, 0.05) is 11.4 Å². The molecule has 1 amide bonds. The number of carbonyl (C=O) groups is 1. The van der Waals surface area contributed by atoms with Gasteiger partial charge in [-0.3, -0.25) is 4.79 Å². The topological polar surface area (TPSA) is 32.3 Å². The molecule has 0 atom stereocenters. The Balaban J connectivity index is 2.57. The van der Waals surface area contributed by atoms with Crippen LogP contribution in [0.2, 0.25) is 4.34 Å². The van der Waals surface area contributed by atoms with Gasteiger partial charge < -0.3 is 10.2 Å². The van der Waals surface area contributed by atoms with Crippen LogP contribution in [0.5, 0.6) is 0 Å². The first kappa shape index (κ1) is 12.5. The summed E-state index contributed by atoms with van der Waals surface area (Å²) in [5.74, 6) is 0.115. The van der Waals surface area contributed by atoms with Gasteiger partial charge in [-0.05, 0) is 26.1 Å². The van der Waals surface area contributed by atoms with Crippen molar-refractivity contribution in [3.8, 4) is 0 Å². The van der Waals surface area contributed by atoms with Gasteiger partial charge in [0.15, 0.2) is 0 Å². The summed E-state index contributed by atoms with van der Waals surface area (Å²) in [6.07, 6.45) is 0. The number of thiophene rings is 1. The van der Waals surface area contributed by atoms with Crippen LogP contribution in [-0.2, 0) is 11.3 Å². The number of carbonyl (C=O) groups excluding carboxylic acids is 1. The summed E-state index contributed by atoms with van der Waals surface area (Å²) in [6.45, 7) is 3.72. The van der Waals surface area contributed by atoms with Gasteiger partial charge in [0.25, 0.3) is 0 Å². The highest BCUT2D eigenvalue weighted by Crippen LogP contribution is 2.22. The molecule has 0 aliphatic carbocycles. The lowest BCUT2D eigenvalue weighted by Crippen LogP contribution is -2.36. The van der Waals surface area contributed by atoms with Crippen molar-refractivity contribution in [3.63, 3.8) is 0 Å². The van der Waals surface area contributed by atoms with Crippen molar-refractivity contribution in [2.45, 2.75) is 13.5 Å². The van der Waals surface area contributed by atoms with E-state index in [1.54, 1.807) is 11.9 Å². The van der Waals surface area contributed by atoms with Crippen molar-refractivity contribution >= 4 is 28.8 Å². The van der Waals surface area contributed by atoms with Crippen LogP contribution in [0, 0.1) is 0 Å². The lowest BCUT2D eigenvalue weighted by atomic mass is 10.4. The van der Waals surface area contributed by atoms with Gasteiger partial charge in [0.1, 0.15) is 0 Å². The number of amides is 1. The van der Waals surface area contributed by atoms with E-state index in [4.69, 9.17) is 11.6 Å². The number of halogens is 1. The second-order valence-electron chi connectivity index (χ2n) is 3.14. The minimum absolute atomic E-state index is 0.115. The van der Waals surface area contributed by atoms with Gasteiger partial charge in [0.2, 0.25) is 5.91 Å². The largest absolute Gasteiger partial charge is 0.337 e. The first-order chi connectivity index (χ1) is 7.17. The minimum atomic E-state index is 0.115. The SMILES string of the molecule is CCN(Cc1ccc(Cl)s1)C(=O)CNC. The minimum Gasteiger partial charge on any atom is -0.337 e. The molecular formula is C10H15ClN2OS. The normalized spacial score (nSPS) is 10.3. The molecule has 0 fully saturated rings. The van der Waals surface area contributed by atoms with Crippen molar-refractivity contribution in [2.75, 3.05) is 20.1 Å². The number of hydrogen-bond acceptors (Lipinski definition) is 3. The van der Waals surface area contributed by atoms with Crippen molar-refractivity contribution < 1.29 is 4.79 Å². The lowest BCUT2D eigenvalue weighted by molar-refractivity contribution is -0.130. The molecule has 0 aliphatic heterocycles. The van der Waals surface area contributed by atoms with Crippen LogP contribution in [0.3, 0.4) is 0 Å². The zero-order valence-corrected chi connectivity index (χ0v) is 10.5. The summed E-state index contributed by atoms with van der Waals surface area (Å²) in [5, 5.41) is 2.86. The Hall–Kier alpha value is -0.580. The van der Waals surface area contributed by atoms with Gasteiger partial charge in [-0.25, -0.2) is 0 Å². The van der Waals surface area contributed by atoms with E-state index in [2.05, 4.69) is 5.32 Å². The van der Waals surface area contributed by atoms with Gasteiger partial charge in [-0.2, -0.15) is 0 Å². The molecule has 0 spiro atoms. The Morgan fingerprint density at radius 1 is 1.60 bits per heavy atom. The molecular weight excluding hydrogens is 232 g/mol. The number of rotatable bonds is 5. The van der Waals surface area contributed by atoms with E-state index >= 15 is 0 Å². The van der Waals surface area contributed by atoms with Crippen molar-refractivity contribution in [1.29, 1.82) is 0 Å². The first-order valence-electron chi connectivity index (χ1n) is 4.84. The predicted molar refractivity (Wildman–Crippen MR) is 64.3 cm³/mol. The summed E-state index contributed by atoms with van der Waals surface area (Å²) in [4.78, 5) is 14.5. The Labute approximate surface area is 99.0 Å². The number of nitrogens with zero attached hydrogens (tertiary/aromatic N) is 1. The molecule has 0 saturated carbocycles. The zero-order chi connectivity index (χ0) is 11.3. The van der Waals surface area contributed by atoms with E-state index in [9.17, 15) is 4.79 Å². The van der Waals surface area contributed by atoms with Gasteiger partial charge in [-0.1, -0.05) is 11.6 Å². The van der Waals surface area contributed by atoms with Crippen molar-refractivity contribution in [3.05, 3.63) is 21.3 Å². The van der Waals surface area contributed by atoms with Crippen LogP contribution in [0.15, 0.2) is 12.1 Å². The fourth-order valence-electron chi connectivity index (χ4n) is 1.26. The van der Waals surface area contributed by atoms with Crippen LogP contribution in [0.1, 0.15) is 11.8 Å². The average Bonchev–Trinajstić information content (AvgIpc) is 2.61. The average molecular weight is 247 g/mol. The molecule has 3 nitrogen and oxygen atoms in total. The predicted octanol–water partition coefficient (Wildman–Crippen LogP) is 1.97. The molecule has 0 aliphatic rings. The molecule has 5 heteroatoms. The highest BCUT2D eigenvalue weighted by atomic mass is 35.5. The van der Waals surface area contributed by atoms with E-state index in [1.807, 2.05) is 19.1 Å². The monoisotopic (exact) mass is 246 g/mol. The Bertz CT molecular complexity index is 327.